The molecule has 9 N–H and O–H groups in total. The molecule has 5 rings (SSSR count). The van der Waals surface area contributed by atoms with Crippen LogP contribution in [0.4, 0.5) is 0 Å². The summed E-state index contributed by atoms with van der Waals surface area (Å²) in [6.45, 7) is 13.1. The van der Waals surface area contributed by atoms with Crippen molar-refractivity contribution in [1.82, 2.24) is 21.3 Å². The summed E-state index contributed by atoms with van der Waals surface area (Å²) in [6.07, 6.45) is -8.93. The van der Waals surface area contributed by atoms with E-state index in [0.717, 1.165) is 0 Å². The van der Waals surface area contributed by atoms with Crippen LogP contribution in [0.15, 0.2) is 18.2 Å². The predicted octanol–water partition coefficient (Wildman–Crippen LogP) is 0.690. The summed E-state index contributed by atoms with van der Waals surface area (Å²) in [6, 6.07) is 1.92. The molecule has 470 valence electrons. The molecule has 0 bridgehead atoms. The van der Waals surface area contributed by atoms with Crippen molar-refractivity contribution in [2.24, 2.45) is 0 Å². The number of phenols is 2. The molecule has 0 saturated carbocycles. The second-order valence-electron chi connectivity index (χ2n) is 20.4. The first-order chi connectivity index (χ1) is 40.1. The Bertz CT molecular complexity index is 2530. The number of aliphatic hydroxyl groups excluding tert-OH is 2. The lowest BCUT2D eigenvalue weighted by Crippen LogP contribution is -2.56. The molecular weight excluding hydrogens is 1110 g/mol. The Morgan fingerprint density at radius 2 is 1.33 bits per heavy atom. The summed E-state index contributed by atoms with van der Waals surface area (Å²) >= 11 is 0. The number of carbonyl (C=O) groups is 7. The Morgan fingerprint density at radius 3 is 1.95 bits per heavy atom. The number of aromatic hydroxyl groups is 2. The monoisotopic (exact) mass is 1190 g/mol. The highest BCUT2D eigenvalue weighted by Crippen LogP contribution is 2.52. The number of ether oxygens (including phenoxy) is 11. The molecule has 2 aliphatic carbocycles. The van der Waals surface area contributed by atoms with Gasteiger partial charge in [0.1, 0.15) is 41.6 Å². The molecule has 1 heterocycles. The number of nitrogens with one attached hydrogen (secondary N) is 4. The number of amides is 4. The fourth-order valence-corrected chi connectivity index (χ4v) is 9.69. The van der Waals surface area contributed by atoms with E-state index < -0.39 is 151 Å². The molecule has 7 unspecified atom stereocenters. The highest BCUT2D eigenvalue weighted by molar-refractivity contribution is 6.31. The topological polar surface area (TPSA) is 370 Å². The van der Waals surface area contributed by atoms with Gasteiger partial charge in [-0.15, -0.1) is 0 Å². The fourth-order valence-electron chi connectivity index (χ4n) is 9.69. The third-order valence-corrected chi connectivity index (χ3v) is 13.9. The number of ketones is 3. The summed E-state index contributed by atoms with van der Waals surface area (Å²) in [7, 11) is 1.28. The molecule has 1 aliphatic heterocycles. The number of hydrogen-bond donors (Lipinski definition) is 9. The summed E-state index contributed by atoms with van der Waals surface area (Å²) < 4.78 is 61.5. The van der Waals surface area contributed by atoms with E-state index >= 15 is 0 Å². The molecule has 4 amide bonds. The second kappa shape index (κ2) is 34.4. The van der Waals surface area contributed by atoms with Gasteiger partial charge in [-0.3, -0.25) is 33.6 Å². The Balaban J connectivity index is 1.15. The zero-order valence-corrected chi connectivity index (χ0v) is 48.9. The fraction of sp³-hybridized carbons (Fsp3) is 0.667. The minimum absolute atomic E-state index is 0.0190. The van der Waals surface area contributed by atoms with Crippen molar-refractivity contribution in [3.8, 4) is 17.2 Å². The third kappa shape index (κ3) is 19.9. The lowest BCUT2D eigenvalue weighted by molar-refractivity contribution is -0.249. The second-order valence-corrected chi connectivity index (χ2v) is 20.4. The zero-order valence-electron chi connectivity index (χ0n) is 48.9. The molecule has 0 aromatic heterocycles. The summed E-state index contributed by atoms with van der Waals surface area (Å²) in [5, 5.41) is 67.1. The molecule has 0 radical (unpaired) electrons. The number of aliphatic hydroxyl groups is 3. The van der Waals surface area contributed by atoms with Gasteiger partial charge in [-0.05, 0) is 54.0 Å². The van der Waals surface area contributed by atoms with Crippen LogP contribution >= 0.6 is 0 Å². The molecular formula is C57H84N4O23. The molecule has 1 saturated heterocycles. The van der Waals surface area contributed by atoms with Crippen LogP contribution in [-0.2, 0) is 77.8 Å². The molecule has 27 nitrogen and oxygen atoms in total. The number of hydrogen-bond acceptors (Lipinski definition) is 23. The molecule has 84 heavy (non-hydrogen) atoms. The van der Waals surface area contributed by atoms with Crippen LogP contribution in [-0.4, -0.2) is 221 Å². The van der Waals surface area contributed by atoms with Gasteiger partial charge in [-0.25, -0.2) is 0 Å². The number of rotatable bonds is 38. The zero-order chi connectivity index (χ0) is 61.5. The van der Waals surface area contributed by atoms with Gasteiger partial charge in [0.15, 0.2) is 30.4 Å². The van der Waals surface area contributed by atoms with Crippen LogP contribution in [0.2, 0.25) is 0 Å². The minimum Gasteiger partial charge on any atom is -0.507 e. The smallest absolute Gasteiger partial charge is 0.242 e. The van der Waals surface area contributed by atoms with Crippen molar-refractivity contribution in [2.45, 2.75) is 147 Å². The van der Waals surface area contributed by atoms with Crippen molar-refractivity contribution in [3.63, 3.8) is 0 Å². The van der Waals surface area contributed by atoms with Crippen molar-refractivity contribution in [1.29, 1.82) is 0 Å². The number of Topliss-reactive ketones (excluding diaryl/α,β-unsaturated/α-hetero) is 1. The first kappa shape index (κ1) is 69.0. The van der Waals surface area contributed by atoms with E-state index in [9.17, 15) is 59.1 Å². The molecule has 0 spiro atoms. The van der Waals surface area contributed by atoms with Crippen molar-refractivity contribution in [2.75, 3.05) is 99.5 Å². The highest BCUT2D eigenvalue weighted by Gasteiger charge is 2.50. The van der Waals surface area contributed by atoms with Gasteiger partial charge in [0.2, 0.25) is 29.4 Å². The van der Waals surface area contributed by atoms with Gasteiger partial charge < -0.3 is 98.9 Å². The third-order valence-electron chi connectivity index (χ3n) is 13.9. The predicted molar refractivity (Wildman–Crippen MR) is 294 cm³/mol. The van der Waals surface area contributed by atoms with Gasteiger partial charge in [-0.1, -0.05) is 12.1 Å². The average Bonchev–Trinajstić information content (AvgIpc) is 0.986. The van der Waals surface area contributed by atoms with E-state index in [1.54, 1.807) is 13.8 Å². The number of methoxy groups -OCH3 is 1. The maximum absolute atomic E-state index is 14.1. The maximum atomic E-state index is 14.1. The van der Waals surface area contributed by atoms with Gasteiger partial charge in [0.25, 0.3) is 0 Å². The number of phenolic OH excluding ortho intramolecular Hbond substituents is 2. The average molecular weight is 1190 g/mol. The first-order valence-corrected chi connectivity index (χ1v) is 28.3. The van der Waals surface area contributed by atoms with Crippen molar-refractivity contribution >= 4 is 41.0 Å². The Morgan fingerprint density at radius 1 is 0.738 bits per heavy atom. The van der Waals surface area contributed by atoms with Crippen LogP contribution in [0.25, 0.3) is 0 Å². The van der Waals surface area contributed by atoms with E-state index in [1.807, 2.05) is 20.8 Å². The van der Waals surface area contributed by atoms with E-state index in [2.05, 4.69) is 21.3 Å². The molecule has 9 atom stereocenters. The number of carbonyl (C=O) groups excluding carboxylic acids is 7. The van der Waals surface area contributed by atoms with E-state index in [4.69, 9.17) is 52.1 Å². The lowest BCUT2D eigenvalue weighted by atomic mass is 9.72. The van der Waals surface area contributed by atoms with E-state index in [0.29, 0.717) is 33.0 Å². The largest absolute Gasteiger partial charge is 0.507 e. The molecule has 1 fully saturated rings. The van der Waals surface area contributed by atoms with Gasteiger partial charge in [0.05, 0.1) is 114 Å². The summed E-state index contributed by atoms with van der Waals surface area (Å²) in [4.78, 5) is 94.3. The molecule has 27 heteroatoms. The van der Waals surface area contributed by atoms with Crippen molar-refractivity contribution < 1.29 is 111 Å². The Hall–Kier alpha value is -5.79. The maximum Gasteiger partial charge on any atom is 0.242 e. The Kier molecular flexibility index (Phi) is 28.2. The van der Waals surface area contributed by atoms with Gasteiger partial charge in [0, 0.05) is 74.9 Å². The van der Waals surface area contributed by atoms with Crippen LogP contribution in [0.3, 0.4) is 0 Å². The SMILES string of the molecule is CCOC(C)OCCOCCNC(=O)C(CCC(=O)NCCOCCOC(C)OCCOCCOC(C)C)NC(=O)CCC(=O)NC1CC(O[C@H]2C[C@](O)(C(=O)CO)Cc3c(O)c4c(c(O)c32)C(=O)c2c(OC)cccc2C4=O)OC(C)C1O. The summed E-state index contributed by atoms with van der Waals surface area (Å²) in [5.74, 6) is -6.85. The quantitative estimate of drug-likeness (QED) is 0.0216. The minimum atomic E-state index is -2.43. The van der Waals surface area contributed by atoms with Crippen LogP contribution in [0.5, 0.6) is 17.2 Å². The van der Waals surface area contributed by atoms with Gasteiger partial charge in [-0.2, -0.15) is 0 Å². The first-order valence-electron chi connectivity index (χ1n) is 28.3. The molecule has 3 aliphatic rings. The molecule has 2 aromatic rings. The van der Waals surface area contributed by atoms with E-state index in [-0.39, 0.29) is 106 Å². The van der Waals surface area contributed by atoms with Crippen LogP contribution in [0.1, 0.15) is 129 Å². The molecule has 2 aromatic carbocycles. The lowest BCUT2D eigenvalue weighted by Gasteiger charge is -2.43. The number of benzene rings is 2. The van der Waals surface area contributed by atoms with Crippen molar-refractivity contribution in [3.05, 3.63) is 51.6 Å². The summed E-state index contributed by atoms with van der Waals surface area (Å²) in [5.41, 5.74) is -4.46. The van der Waals surface area contributed by atoms with Gasteiger partial charge >= 0.3 is 0 Å². The van der Waals surface area contributed by atoms with Crippen LogP contribution in [0, 0.1) is 0 Å². The van der Waals surface area contributed by atoms with Crippen LogP contribution < -0.4 is 26.0 Å². The number of fused-ring (bicyclic) bond motifs is 3. The highest BCUT2D eigenvalue weighted by atomic mass is 16.7. The van der Waals surface area contributed by atoms with E-state index in [1.165, 1.54) is 32.2 Å². The normalized spacial score (nSPS) is 21.2. The Labute approximate surface area is 487 Å². The standard InChI is InChI=1S/C57H84N4O23/c1-8-78-34(5)80-25-21-76-19-17-59-56(72)38(12-13-43(64)58-16-18-75-22-26-81-35(6)82-27-23-77-20-24-79-32(2)3)60-44(65)14-15-45(66)61-39-28-46(83-33(4)51(39)67)84-41-30-57(73,42(63)31-62)29-37-48(41)55(71)50-49(53(37)69)52(68)36-10-9-11-40(74-7)47(36)54(50)70/h9-11,32-35,38-39,41,46,51,62,67,69,71,73H,8,12-31H2,1-7H3,(H,58,64)(H,59,72)(H,60,65)(H,61,66)/t33?,34?,35?,38?,39?,41-,46?,51?,57-/m0/s1.